The first kappa shape index (κ1) is 7.06. The summed E-state index contributed by atoms with van der Waals surface area (Å²) in [5, 5.41) is 2.85. The Morgan fingerprint density at radius 2 is 2.57 bits per heavy atom. The lowest BCUT2D eigenvalue weighted by Crippen LogP contribution is -2.14. The average Bonchev–Trinajstić information content (AvgIpc) is 1.68. The Kier molecular flexibility index (Phi) is 4.26. The first-order chi connectivity index (χ1) is 3.31. The molecule has 0 saturated carbocycles. The van der Waals surface area contributed by atoms with Crippen molar-refractivity contribution in [3.05, 3.63) is 0 Å². The van der Waals surface area contributed by atoms with Crippen LogP contribution in [0.1, 0.15) is 13.3 Å². The van der Waals surface area contributed by atoms with Gasteiger partial charge in [0, 0.05) is 12.5 Å². The van der Waals surface area contributed by atoms with E-state index in [1.165, 1.54) is 0 Å². The summed E-state index contributed by atoms with van der Waals surface area (Å²) in [6, 6.07) is 0.294. The van der Waals surface area contributed by atoms with E-state index < -0.39 is 0 Å². The van der Waals surface area contributed by atoms with E-state index >= 15 is 0 Å². The van der Waals surface area contributed by atoms with E-state index in [-0.39, 0.29) is 0 Å². The maximum atomic E-state index is 9.72. The highest BCUT2D eigenvalue weighted by Gasteiger charge is 1.91. The highest BCUT2D eigenvalue weighted by atomic mass is 31.0. The zero-order valence-electron chi connectivity index (χ0n) is 4.35. The molecule has 0 bridgehead atoms. The lowest BCUT2D eigenvalue weighted by Gasteiger charge is -2.01. The Bertz CT molecular complexity index is 57.7. The molecule has 0 fully saturated rings. The molecule has 1 unspecified atom stereocenters. The van der Waals surface area contributed by atoms with Gasteiger partial charge in [-0.25, -0.2) is 0 Å². The van der Waals surface area contributed by atoms with Gasteiger partial charge in [-0.15, -0.1) is 0 Å². The van der Waals surface area contributed by atoms with Crippen LogP contribution < -0.4 is 5.09 Å². The van der Waals surface area contributed by atoms with Crippen LogP contribution in [0.25, 0.3) is 0 Å². The molecule has 0 spiro atoms. The zero-order valence-corrected chi connectivity index (χ0v) is 5.50. The second-order valence-electron chi connectivity index (χ2n) is 1.47. The van der Waals surface area contributed by atoms with Crippen molar-refractivity contribution >= 4 is 15.7 Å². The molecule has 0 radical (unpaired) electrons. The Morgan fingerprint density at radius 3 is 2.71 bits per heavy atom. The molecule has 0 aromatic rings. The van der Waals surface area contributed by atoms with Crippen molar-refractivity contribution in [1.29, 1.82) is 0 Å². The predicted octanol–water partition coefficient (Wildman–Crippen LogP) is 0.344. The predicted molar refractivity (Wildman–Crippen MR) is 33.0 cm³/mol. The molecule has 0 heterocycles. The lowest BCUT2D eigenvalue weighted by atomic mass is 10.3. The van der Waals surface area contributed by atoms with Crippen LogP contribution in [0.2, 0.25) is 0 Å². The maximum absolute atomic E-state index is 9.72. The summed E-state index contributed by atoms with van der Waals surface area (Å²) in [6.45, 7) is 1.95. The second-order valence-corrected chi connectivity index (χ2v) is 1.80. The Labute approximate surface area is 45.9 Å². The molecule has 2 atom stereocenters. The van der Waals surface area contributed by atoms with Gasteiger partial charge in [0.05, 0.1) is 0 Å². The summed E-state index contributed by atoms with van der Waals surface area (Å²) in [5.74, 6) is 0. The molecule has 7 heavy (non-hydrogen) atoms. The van der Waals surface area contributed by atoms with Crippen LogP contribution in [0.3, 0.4) is 0 Å². The van der Waals surface area contributed by atoms with Crippen LogP contribution >= 0.6 is 9.39 Å². The van der Waals surface area contributed by atoms with Gasteiger partial charge in [-0.2, -0.15) is 0 Å². The molecule has 0 saturated heterocycles. The molecular weight excluding hydrogens is 109 g/mol. The Morgan fingerprint density at radius 1 is 2.00 bits per heavy atom. The molecule has 0 rings (SSSR count). The minimum absolute atomic E-state index is 0.294. The first-order valence-corrected chi connectivity index (χ1v) is 2.78. The summed E-state index contributed by atoms with van der Waals surface area (Å²) in [6.07, 6.45) is 1.49. The molecule has 0 aliphatic carbocycles. The van der Waals surface area contributed by atoms with Gasteiger partial charge in [0.15, 0.2) is 0 Å². The third-order valence-corrected chi connectivity index (χ3v) is 1.30. The molecule has 1 N–H and O–H groups in total. The molecule has 3 heteroatoms. The normalized spacial score (nSPS) is 13.4. The second kappa shape index (κ2) is 4.23. The number of hydrogen-bond acceptors (Lipinski definition) is 2. The van der Waals surface area contributed by atoms with Crippen molar-refractivity contribution in [2.75, 3.05) is 0 Å². The van der Waals surface area contributed by atoms with Gasteiger partial charge in [-0.05, 0) is 6.92 Å². The van der Waals surface area contributed by atoms with Gasteiger partial charge in [0.1, 0.15) is 6.29 Å². The number of hydrogen-bond donors (Lipinski definition) is 1. The summed E-state index contributed by atoms with van der Waals surface area (Å²) in [4.78, 5) is 9.72. The summed E-state index contributed by atoms with van der Waals surface area (Å²) < 4.78 is 0. The minimum atomic E-state index is 0.294. The van der Waals surface area contributed by atoms with Gasteiger partial charge in [-0.3, -0.25) is 5.09 Å². The fourth-order valence-electron chi connectivity index (χ4n) is 0.212. The third-order valence-electron chi connectivity index (χ3n) is 0.734. The van der Waals surface area contributed by atoms with Gasteiger partial charge in [-0.1, -0.05) is 9.39 Å². The molecule has 2 nitrogen and oxygen atoms in total. The van der Waals surface area contributed by atoms with Crippen molar-refractivity contribution in [2.45, 2.75) is 19.4 Å². The lowest BCUT2D eigenvalue weighted by molar-refractivity contribution is -0.108. The molecule has 0 aliphatic rings. The molecule has 0 aromatic carbocycles. The fraction of sp³-hybridized carbons (Fsp3) is 0.750. The van der Waals surface area contributed by atoms with Crippen molar-refractivity contribution in [3.8, 4) is 0 Å². The summed E-state index contributed by atoms with van der Waals surface area (Å²) >= 11 is 0. The highest BCUT2D eigenvalue weighted by Crippen LogP contribution is 1.86. The fourth-order valence-corrected chi connectivity index (χ4v) is 0.348. The van der Waals surface area contributed by atoms with E-state index in [1.807, 2.05) is 6.92 Å². The number of nitrogens with one attached hydrogen (secondary N) is 1. The van der Waals surface area contributed by atoms with Crippen LogP contribution in [0, 0.1) is 0 Å². The average molecular weight is 119 g/mol. The van der Waals surface area contributed by atoms with Gasteiger partial charge in [0.25, 0.3) is 0 Å². The number of rotatable bonds is 3. The molecular formula is C4H10NOP. The van der Waals surface area contributed by atoms with E-state index in [4.69, 9.17) is 0 Å². The molecule has 0 aliphatic heterocycles. The van der Waals surface area contributed by atoms with Crippen molar-refractivity contribution in [3.63, 3.8) is 0 Å². The SMILES string of the molecule is C[C@H](CC=O)NP. The monoisotopic (exact) mass is 119 g/mol. The molecule has 42 valence electrons. The number of aldehydes is 1. The largest absolute Gasteiger partial charge is 0.303 e. The first-order valence-electron chi connectivity index (χ1n) is 2.21. The van der Waals surface area contributed by atoms with Crippen LogP contribution in [-0.4, -0.2) is 12.3 Å². The topological polar surface area (TPSA) is 29.1 Å². The van der Waals surface area contributed by atoms with E-state index in [1.54, 1.807) is 0 Å². The third kappa shape index (κ3) is 3.90. The van der Waals surface area contributed by atoms with Crippen molar-refractivity contribution < 1.29 is 4.79 Å². The van der Waals surface area contributed by atoms with Crippen molar-refractivity contribution in [2.24, 2.45) is 0 Å². The Hall–Kier alpha value is 0.0600. The van der Waals surface area contributed by atoms with E-state index in [0.29, 0.717) is 12.5 Å². The van der Waals surface area contributed by atoms with Gasteiger partial charge < -0.3 is 4.79 Å². The van der Waals surface area contributed by atoms with Crippen LogP contribution in [0.15, 0.2) is 0 Å². The van der Waals surface area contributed by atoms with Crippen LogP contribution in [0.4, 0.5) is 0 Å². The standard InChI is InChI=1S/C4H10NOP/c1-4(5-7)2-3-6/h3-5H,2,7H2,1H3/t4-/m1/s1. The minimum Gasteiger partial charge on any atom is -0.303 e. The van der Waals surface area contributed by atoms with Gasteiger partial charge in [0.2, 0.25) is 0 Å². The van der Waals surface area contributed by atoms with E-state index in [0.717, 1.165) is 6.29 Å². The van der Waals surface area contributed by atoms with Crippen LogP contribution in [0.5, 0.6) is 0 Å². The molecule has 0 aromatic heterocycles. The smallest absolute Gasteiger partial charge is 0.121 e. The quantitative estimate of drug-likeness (QED) is 0.429. The van der Waals surface area contributed by atoms with E-state index in [9.17, 15) is 4.79 Å². The maximum Gasteiger partial charge on any atom is 0.121 e. The summed E-state index contributed by atoms with van der Waals surface area (Å²) in [7, 11) is 2.36. The number of carbonyl (C=O) groups is 1. The molecule has 0 amide bonds. The Balaban J connectivity index is 2.98. The van der Waals surface area contributed by atoms with E-state index in [2.05, 4.69) is 14.5 Å². The summed E-state index contributed by atoms with van der Waals surface area (Å²) in [5.41, 5.74) is 0. The van der Waals surface area contributed by atoms with Gasteiger partial charge >= 0.3 is 0 Å². The zero-order chi connectivity index (χ0) is 5.70. The highest BCUT2D eigenvalue weighted by molar-refractivity contribution is 7.13. The van der Waals surface area contributed by atoms with Crippen molar-refractivity contribution in [1.82, 2.24) is 5.09 Å². The van der Waals surface area contributed by atoms with Crippen LogP contribution in [-0.2, 0) is 4.79 Å². The number of carbonyl (C=O) groups excluding carboxylic acids is 1.